The number of nitrogens with zero attached hydrogens (tertiary/aromatic N) is 2. The van der Waals surface area contributed by atoms with Crippen molar-refractivity contribution < 1.29 is 9.13 Å². The lowest BCUT2D eigenvalue weighted by molar-refractivity contribution is 0.415. The molecule has 146 valence electrons. The lowest BCUT2D eigenvalue weighted by Crippen LogP contribution is -2.16. The molecule has 0 atom stereocenters. The van der Waals surface area contributed by atoms with Crippen LogP contribution in [0.3, 0.4) is 0 Å². The van der Waals surface area contributed by atoms with Crippen LogP contribution < -0.4 is 9.54 Å². The fourth-order valence-corrected chi connectivity index (χ4v) is 4.20. The number of benzene rings is 3. The molecule has 1 aromatic heterocycles. The summed E-state index contributed by atoms with van der Waals surface area (Å²) in [5.41, 5.74) is 3.81. The van der Waals surface area contributed by atoms with Crippen molar-refractivity contribution in [2.45, 2.75) is 6.54 Å². The Bertz CT molecular complexity index is 1180. The van der Waals surface area contributed by atoms with E-state index in [1.54, 1.807) is 30.6 Å². The molecule has 4 aromatic rings. The summed E-state index contributed by atoms with van der Waals surface area (Å²) in [7, 11) is 1.59. The number of methoxy groups -OCH3 is 1. The highest BCUT2D eigenvalue weighted by Crippen LogP contribution is 2.31. The van der Waals surface area contributed by atoms with Crippen LogP contribution in [-0.2, 0) is 6.54 Å². The van der Waals surface area contributed by atoms with Crippen LogP contribution in [0.25, 0.3) is 11.3 Å². The van der Waals surface area contributed by atoms with E-state index in [1.165, 1.54) is 12.1 Å². The summed E-state index contributed by atoms with van der Waals surface area (Å²) in [5.74, 6) is 0.380. The van der Waals surface area contributed by atoms with Crippen molar-refractivity contribution in [2.24, 2.45) is 4.99 Å². The van der Waals surface area contributed by atoms with Gasteiger partial charge in [-0.05, 0) is 48.0 Å². The molecule has 3 nitrogen and oxygen atoms in total. The van der Waals surface area contributed by atoms with Crippen molar-refractivity contribution >= 4 is 28.6 Å². The molecule has 0 radical (unpaired) electrons. The SMILES string of the molecule is COc1ccc(-c2csc(=Nc3ccccc3)n2Cc2ccc(F)cc2)cc1Cl. The van der Waals surface area contributed by atoms with E-state index in [4.69, 9.17) is 21.3 Å². The zero-order valence-corrected chi connectivity index (χ0v) is 17.3. The molecule has 29 heavy (non-hydrogen) atoms. The summed E-state index contributed by atoms with van der Waals surface area (Å²) in [6.45, 7) is 0.564. The van der Waals surface area contributed by atoms with Crippen molar-refractivity contribution in [1.82, 2.24) is 4.57 Å². The monoisotopic (exact) mass is 424 g/mol. The van der Waals surface area contributed by atoms with Crippen LogP contribution in [-0.4, -0.2) is 11.7 Å². The Labute approximate surface area is 177 Å². The maximum absolute atomic E-state index is 13.3. The maximum atomic E-state index is 13.3. The van der Waals surface area contributed by atoms with Gasteiger partial charge in [-0.3, -0.25) is 0 Å². The first-order valence-corrected chi connectivity index (χ1v) is 10.3. The number of aromatic nitrogens is 1. The van der Waals surface area contributed by atoms with Crippen LogP contribution in [0.1, 0.15) is 5.56 Å². The Hall–Kier alpha value is -2.89. The largest absolute Gasteiger partial charge is 0.495 e. The molecule has 0 bridgehead atoms. The molecule has 0 aliphatic heterocycles. The van der Waals surface area contributed by atoms with Crippen molar-refractivity contribution in [3.05, 3.63) is 99.4 Å². The second kappa shape index (κ2) is 8.64. The third kappa shape index (κ3) is 4.42. The minimum atomic E-state index is -0.250. The van der Waals surface area contributed by atoms with E-state index in [2.05, 4.69) is 9.95 Å². The summed E-state index contributed by atoms with van der Waals surface area (Å²) in [5, 5.41) is 2.61. The molecule has 0 unspecified atom stereocenters. The van der Waals surface area contributed by atoms with E-state index in [0.717, 1.165) is 27.3 Å². The predicted molar refractivity (Wildman–Crippen MR) is 116 cm³/mol. The van der Waals surface area contributed by atoms with Gasteiger partial charge in [0.15, 0.2) is 4.80 Å². The molecule has 0 aliphatic rings. The highest BCUT2D eigenvalue weighted by atomic mass is 35.5. The second-order valence-corrected chi connectivity index (χ2v) is 7.66. The van der Waals surface area contributed by atoms with E-state index in [9.17, 15) is 4.39 Å². The topological polar surface area (TPSA) is 26.5 Å². The minimum absolute atomic E-state index is 0.250. The lowest BCUT2D eigenvalue weighted by Gasteiger charge is -2.11. The maximum Gasteiger partial charge on any atom is 0.190 e. The summed E-state index contributed by atoms with van der Waals surface area (Å²) in [6, 6.07) is 22.0. The van der Waals surface area contributed by atoms with E-state index >= 15 is 0 Å². The summed E-state index contributed by atoms with van der Waals surface area (Å²) in [4.78, 5) is 5.66. The first kappa shape index (κ1) is 19.4. The van der Waals surface area contributed by atoms with Crippen LogP contribution >= 0.6 is 22.9 Å². The number of ether oxygens (including phenoxy) is 1. The summed E-state index contributed by atoms with van der Waals surface area (Å²) in [6.07, 6.45) is 0. The van der Waals surface area contributed by atoms with Crippen LogP contribution in [0.15, 0.2) is 83.2 Å². The Balaban J connectivity index is 1.84. The Kier molecular flexibility index (Phi) is 5.79. The summed E-state index contributed by atoms with van der Waals surface area (Å²) >= 11 is 7.90. The number of halogens is 2. The molecule has 4 rings (SSSR count). The minimum Gasteiger partial charge on any atom is -0.495 e. The quantitative estimate of drug-likeness (QED) is 0.369. The van der Waals surface area contributed by atoms with Crippen molar-refractivity contribution in [3.8, 4) is 17.0 Å². The molecule has 0 saturated carbocycles. The van der Waals surface area contributed by atoms with Crippen LogP contribution in [0, 0.1) is 5.82 Å². The number of thiazole rings is 1. The summed E-state index contributed by atoms with van der Waals surface area (Å²) < 4.78 is 20.7. The molecule has 3 aromatic carbocycles. The van der Waals surface area contributed by atoms with Gasteiger partial charge in [-0.2, -0.15) is 0 Å². The van der Waals surface area contributed by atoms with Crippen molar-refractivity contribution in [2.75, 3.05) is 7.11 Å². The number of hydrogen-bond acceptors (Lipinski definition) is 3. The molecule has 0 fully saturated rings. The predicted octanol–water partition coefficient (Wildman–Crippen LogP) is 6.30. The molecule has 0 saturated heterocycles. The third-order valence-corrected chi connectivity index (χ3v) is 5.64. The van der Waals surface area contributed by atoms with E-state index in [1.807, 2.05) is 48.5 Å². The third-order valence-electron chi connectivity index (χ3n) is 4.48. The number of para-hydroxylation sites is 1. The van der Waals surface area contributed by atoms with Gasteiger partial charge in [0.2, 0.25) is 0 Å². The highest BCUT2D eigenvalue weighted by molar-refractivity contribution is 7.07. The van der Waals surface area contributed by atoms with Gasteiger partial charge >= 0.3 is 0 Å². The molecule has 6 heteroatoms. The first-order chi connectivity index (χ1) is 14.1. The van der Waals surface area contributed by atoms with Gasteiger partial charge in [-0.15, -0.1) is 11.3 Å². The van der Waals surface area contributed by atoms with Gasteiger partial charge in [0.25, 0.3) is 0 Å². The normalized spacial score (nSPS) is 11.6. The molecule has 0 N–H and O–H groups in total. The van der Waals surface area contributed by atoms with E-state index < -0.39 is 0 Å². The Morgan fingerprint density at radius 3 is 2.48 bits per heavy atom. The first-order valence-electron chi connectivity index (χ1n) is 9.00. The standard InChI is InChI=1S/C23H18ClFN2OS/c1-28-22-12-9-17(13-20(22)24)21-15-29-23(26-19-5-3-2-4-6-19)27(21)14-16-7-10-18(25)11-8-16/h2-13,15H,14H2,1H3. The van der Waals surface area contributed by atoms with Gasteiger partial charge < -0.3 is 9.30 Å². The Morgan fingerprint density at radius 1 is 1.03 bits per heavy atom. The molecular formula is C23H18ClFN2OS. The van der Waals surface area contributed by atoms with Crippen molar-refractivity contribution in [1.29, 1.82) is 0 Å². The van der Waals surface area contributed by atoms with Gasteiger partial charge in [0.05, 0.1) is 30.1 Å². The van der Waals surface area contributed by atoms with Crippen molar-refractivity contribution in [3.63, 3.8) is 0 Å². The number of rotatable bonds is 5. The smallest absolute Gasteiger partial charge is 0.190 e. The van der Waals surface area contributed by atoms with E-state index in [0.29, 0.717) is 17.3 Å². The highest BCUT2D eigenvalue weighted by Gasteiger charge is 2.11. The van der Waals surface area contributed by atoms with Crippen LogP contribution in [0.5, 0.6) is 5.75 Å². The fraction of sp³-hybridized carbons (Fsp3) is 0.0870. The average Bonchev–Trinajstić information content (AvgIpc) is 3.12. The Morgan fingerprint density at radius 2 is 1.79 bits per heavy atom. The van der Waals surface area contributed by atoms with Gasteiger partial charge in [-0.25, -0.2) is 9.38 Å². The molecule has 0 amide bonds. The fourth-order valence-electron chi connectivity index (χ4n) is 3.01. The van der Waals surface area contributed by atoms with Crippen LogP contribution in [0.4, 0.5) is 10.1 Å². The van der Waals surface area contributed by atoms with Gasteiger partial charge in [0, 0.05) is 10.9 Å². The zero-order chi connectivity index (χ0) is 20.2. The molecule has 0 aliphatic carbocycles. The number of hydrogen-bond donors (Lipinski definition) is 0. The van der Waals surface area contributed by atoms with Gasteiger partial charge in [0.1, 0.15) is 11.6 Å². The van der Waals surface area contributed by atoms with Gasteiger partial charge in [-0.1, -0.05) is 41.9 Å². The zero-order valence-electron chi connectivity index (χ0n) is 15.7. The second-order valence-electron chi connectivity index (χ2n) is 6.41. The lowest BCUT2D eigenvalue weighted by atomic mass is 10.1. The average molecular weight is 425 g/mol. The van der Waals surface area contributed by atoms with E-state index in [-0.39, 0.29) is 5.82 Å². The molecule has 0 spiro atoms. The molecule has 1 heterocycles. The molecular weight excluding hydrogens is 407 g/mol. The van der Waals surface area contributed by atoms with Crippen LogP contribution in [0.2, 0.25) is 5.02 Å².